The molecule has 12 N–H and O–H groups in total. The molecule has 4 aliphatic rings. The third-order valence-electron chi connectivity index (χ3n) is 26.4. The lowest BCUT2D eigenvalue weighted by Crippen LogP contribution is -2.61. The van der Waals surface area contributed by atoms with Crippen molar-refractivity contribution in [2.75, 3.05) is 208 Å². The van der Waals surface area contributed by atoms with Gasteiger partial charge in [0.05, 0.1) is 208 Å². The van der Waals surface area contributed by atoms with Crippen LogP contribution in [-0.2, 0) is 105 Å². The minimum atomic E-state index is -1.40. The van der Waals surface area contributed by atoms with Crippen molar-refractivity contribution >= 4 is 82.6 Å². The average molecular weight is 2030 g/mol. The molecule has 1 saturated heterocycles. The number of carbonyl (C=O) groups is 12. The number of unbranched alkanes of at least 4 members (excludes halogenated alkanes) is 1. The molecular formula is C102H175N16O25+. The first-order chi connectivity index (χ1) is 68.4. The lowest BCUT2D eigenvalue weighted by molar-refractivity contribution is -0.869. The molecule has 1 heterocycles. The summed E-state index contributed by atoms with van der Waals surface area (Å²) in [6, 6.07) is -0.108. The zero-order chi connectivity index (χ0) is 105. The van der Waals surface area contributed by atoms with Crippen LogP contribution >= 0.6 is 0 Å². The van der Waals surface area contributed by atoms with Crippen LogP contribution in [0.2, 0.25) is 0 Å². The summed E-state index contributed by atoms with van der Waals surface area (Å²) in [5.41, 5.74) is 1.78. The van der Waals surface area contributed by atoms with E-state index in [1.54, 1.807) is 79.5 Å². The monoisotopic (exact) mass is 2020 g/mol. The number of rotatable bonds is 70. The van der Waals surface area contributed by atoms with Crippen LogP contribution < -0.4 is 53.7 Å². The highest BCUT2D eigenvalue weighted by Gasteiger charge is 2.50. The molecule has 0 bridgehead atoms. The van der Waals surface area contributed by atoms with E-state index in [0.717, 1.165) is 60.9 Å². The summed E-state index contributed by atoms with van der Waals surface area (Å²) in [7, 11) is 12.1. The summed E-state index contributed by atoms with van der Waals surface area (Å²) in [4.78, 5) is 176. The molecular weight excluding hydrogens is 1850 g/mol. The van der Waals surface area contributed by atoms with E-state index in [-0.39, 0.29) is 102 Å². The number of benzene rings is 1. The molecule has 143 heavy (non-hydrogen) atoms. The molecule has 5 rings (SSSR count). The molecule has 3 aliphatic carbocycles. The molecule has 812 valence electrons. The van der Waals surface area contributed by atoms with Gasteiger partial charge < -0.3 is 130 Å². The zero-order valence-corrected chi connectivity index (χ0v) is 88.6. The Balaban J connectivity index is 1.13. The maximum absolute atomic E-state index is 15.0. The van der Waals surface area contributed by atoms with Crippen molar-refractivity contribution < 1.29 is 124 Å². The predicted octanol–water partition coefficient (Wildman–Crippen LogP) is 4.90. The Morgan fingerprint density at radius 2 is 1.15 bits per heavy atom. The Morgan fingerprint density at radius 3 is 1.71 bits per heavy atom. The first kappa shape index (κ1) is 124. The van der Waals surface area contributed by atoms with E-state index in [2.05, 4.69) is 85.9 Å². The standard InChI is InChI=1S/C102H174N16O25/c1-19-71(8)92(83(132-17)65-87(122)117-47-32-39-81(117)94(133-18)72(9)95(124)108-73(10)93(123)75-33-24-22-25-34-75)115(12)100(129)89(69(4)5)112-99(128)91(70(6)7)116(13)101(130)113-96(125)74(11)109-98(127)88(68(2)3)111-97(126)80(110-85(120)42-50-135-54-58-139-62-64-141-60-56-137-52-46-107-102(131)143-66-78-76-35-26-20-21-27-36-77(76)78)38-30-31-43-105-86(121)67-142-82-40-29-23-28-37-79(90(82)114-103)104-45-51-136-55-59-140-63-61-138-57-53-134-49-41-84(119)106-44-48-118(14,15)16/h22,24-25,33-34,68-74,76-78,80-83,88-89,91-94,123H,19,23,26-32,35-67H2,1-18H3,(H10-,103,104,105,106,107,108,109,110,111,112,113,119,120,121,124,125,126,127,128,130,131)/p+1/t71-,72+,73+,74-,76-,77+,78?,80+,81-,82?,83+,88-,89-,91-,92-,93+,94+/m0/s1. The second-order valence-corrected chi connectivity index (χ2v) is 39.4. The number of hydrogen-bond donors (Lipinski definition) is 11. The van der Waals surface area contributed by atoms with Gasteiger partial charge in [0.25, 0.3) is 0 Å². The van der Waals surface area contributed by atoms with Gasteiger partial charge in [0.1, 0.15) is 48.6 Å². The number of nitrogens with zero attached hydrogens (tertiary/aromatic N) is 6. The molecule has 0 aromatic heterocycles. The molecule has 2 unspecified atom stereocenters. The predicted molar refractivity (Wildman–Crippen MR) is 539 cm³/mol. The van der Waals surface area contributed by atoms with Gasteiger partial charge in [0.2, 0.25) is 59.1 Å². The smallest absolute Gasteiger partial charge is 0.407 e. The fourth-order valence-corrected chi connectivity index (χ4v) is 17.8. The fourth-order valence-electron chi connectivity index (χ4n) is 17.8. The van der Waals surface area contributed by atoms with Gasteiger partial charge in [-0.25, -0.2) is 9.59 Å². The first-order valence-electron chi connectivity index (χ1n) is 51.6. The molecule has 0 spiro atoms. The number of alkyl carbamates (subject to hydrolysis) is 1. The van der Waals surface area contributed by atoms with E-state index in [4.69, 9.17) is 67.7 Å². The van der Waals surface area contributed by atoms with Crippen LogP contribution in [0.15, 0.2) is 40.4 Å². The number of ether oxygens (including phenoxy) is 12. The number of aliphatic imine (C=N–C) groups is 1. The molecule has 41 heteroatoms. The summed E-state index contributed by atoms with van der Waals surface area (Å²) >= 11 is 0. The van der Waals surface area contributed by atoms with E-state index in [1.807, 2.05) is 32.0 Å². The number of nitrogens with two attached hydrogens (primary N) is 1. The summed E-state index contributed by atoms with van der Waals surface area (Å²) in [6.07, 6.45) is 6.56. The summed E-state index contributed by atoms with van der Waals surface area (Å²) in [6.45, 7) is 26.2. The number of aliphatic hydroxyl groups is 1. The highest BCUT2D eigenvalue weighted by molar-refractivity contribution is 6.44. The van der Waals surface area contributed by atoms with Crippen LogP contribution in [0.4, 0.5) is 9.59 Å². The second-order valence-electron chi connectivity index (χ2n) is 39.4. The number of hydrogen-bond acceptors (Lipinski definition) is 28. The zero-order valence-electron chi connectivity index (χ0n) is 88.6. The SMILES string of the molecule is CC[C@H](C)[C@@H]([C@@H](CC(=O)N1CCC[C@H]1[C@H](OC)[C@@H](C)C(=O)N[C@H](C)[C@@H](O)c1ccccc1)OC)N(C)C(=O)[C@@H](NC(=O)[C@H](C(C)C)N(C)C(=O)NC(=O)[C@H](C)NC(=O)[C@@H](NC(=O)[C@@H](CCCCNC(=O)COC1CCCCCC(=NCCOCCOCCOCCOCCC(=O)NCC[N+](C)(C)C)C1=NN)NC(=O)CCOCCOCCOCCOCCNC(=O)OCC1[C@H]2CCC#CCC[C@@H]12)C(C)C)C(C)C. The molecule has 2 saturated carbocycles. The Morgan fingerprint density at radius 1 is 0.573 bits per heavy atom. The third kappa shape index (κ3) is 46.6. The number of likely N-dealkylation sites (N-methyl/N-ethyl adjacent to an activating group) is 3. The minimum absolute atomic E-state index is 0.0366. The van der Waals surface area contributed by atoms with Crippen molar-refractivity contribution in [1.29, 1.82) is 0 Å². The van der Waals surface area contributed by atoms with Crippen LogP contribution in [-0.4, -0.2) is 381 Å². The van der Waals surface area contributed by atoms with Gasteiger partial charge in [0.15, 0.2) is 0 Å². The minimum Gasteiger partial charge on any atom is -0.449 e. The Hall–Kier alpha value is -9.16. The molecule has 1 aromatic carbocycles. The molecule has 13 amide bonds. The van der Waals surface area contributed by atoms with E-state index in [9.17, 15) is 57.8 Å². The second kappa shape index (κ2) is 69.1. The van der Waals surface area contributed by atoms with Gasteiger partial charge in [-0.15, -0.1) is 11.8 Å². The number of urea groups is 1. The van der Waals surface area contributed by atoms with Crippen LogP contribution in [0, 0.1) is 59.2 Å². The van der Waals surface area contributed by atoms with Crippen molar-refractivity contribution in [2.24, 2.45) is 63.3 Å². The molecule has 0 radical (unpaired) electrons. The quantitative estimate of drug-likeness (QED) is 0.0136. The number of hydrazone groups is 1. The van der Waals surface area contributed by atoms with Gasteiger partial charge in [-0.05, 0) is 125 Å². The van der Waals surface area contributed by atoms with E-state index in [0.29, 0.717) is 179 Å². The van der Waals surface area contributed by atoms with Crippen molar-refractivity contribution in [3.8, 4) is 11.8 Å². The lowest BCUT2D eigenvalue weighted by atomic mass is 9.89. The Labute approximate surface area is 848 Å². The van der Waals surface area contributed by atoms with Gasteiger partial charge in [-0.2, -0.15) is 5.10 Å². The number of amides is 13. The number of fused-ring (bicyclic) bond motifs is 1. The molecule has 1 aliphatic heterocycles. The van der Waals surface area contributed by atoms with Crippen LogP contribution in [0.5, 0.6) is 0 Å². The van der Waals surface area contributed by atoms with Crippen LogP contribution in [0.25, 0.3) is 0 Å². The number of aliphatic hydroxyl groups excluding tert-OH is 1. The molecule has 17 atom stereocenters. The molecule has 1 aromatic rings. The van der Waals surface area contributed by atoms with Crippen LogP contribution in [0.1, 0.15) is 203 Å². The number of likely N-dealkylation sites (tertiary alicyclic amines) is 1. The number of imide groups is 1. The van der Waals surface area contributed by atoms with Gasteiger partial charge >= 0.3 is 12.1 Å². The number of quaternary nitrogens is 1. The Bertz CT molecular complexity index is 4080. The summed E-state index contributed by atoms with van der Waals surface area (Å²) in [5, 5.41) is 39.9. The van der Waals surface area contributed by atoms with Crippen molar-refractivity contribution in [3.05, 3.63) is 35.9 Å². The Kier molecular flexibility index (Phi) is 60.0. The third-order valence-corrected chi connectivity index (χ3v) is 26.4. The highest BCUT2D eigenvalue weighted by Crippen LogP contribution is 2.52. The summed E-state index contributed by atoms with van der Waals surface area (Å²) in [5.74, 6) is 6.01. The molecule has 3 fully saturated rings. The first-order valence-corrected chi connectivity index (χ1v) is 51.6. The number of carbonyl (C=O) groups excluding carboxylic acids is 12. The largest absolute Gasteiger partial charge is 0.449 e. The van der Waals surface area contributed by atoms with Gasteiger partial charge in [0, 0.05) is 73.6 Å². The maximum atomic E-state index is 15.0. The van der Waals surface area contributed by atoms with Crippen molar-refractivity contribution in [1.82, 2.24) is 62.6 Å². The van der Waals surface area contributed by atoms with E-state index >= 15 is 4.79 Å². The summed E-state index contributed by atoms with van der Waals surface area (Å²) < 4.78 is 69.6. The average Bonchev–Trinajstić information content (AvgIpc) is 1.62. The highest BCUT2D eigenvalue weighted by atomic mass is 16.6. The van der Waals surface area contributed by atoms with Crippen molar-refractivity contribution in [2.45, 2.75) is 264 Å². The van der Waals surface area contributed by atoms with E-state index in [1.165, 1.54) is 33.1 Å². The van der Waals surface area contributed by atoms with E-state index < -0.39 is 150 Å². The number of methoxy groups -OCH3 is 2. The van der Waals surface area contributed by atoms with Crippen LogP contribution in [0.3, 0.4) is 0 Å². The lowest BCUT2D eigenvalue weighted by Gasteiger charge is -2.41. The van der Waals surface area contributed by atoms with Crippen molar-refractivity contribution in [3.63, 3.8) is 0 Å². The number of nitrogens with one attached hydrogen (secondary N) is 9. The topological polar surface area (TPSA) is 505 Å². The fraction of sp³-hybridized carbons (Fsp3) is 0.784. The van der Waals surface area contributed by atoms with Gasteiger partial charge in [-0.3, -0.25) is 58.3 Å². The normalized spacial score (nSPS) is 19.6. The maximum Gasteiger partial charge on any atom is 0.407 e. The molecule has 41 nitrogen and oxygen atoms in total. The van der Waals surface area contributed by atoms with Gasteiger partial charge in [-0.1, -0.05) is 112 Å².